The van der Waals surface area contributed by atoms with Gasteiger partial charge in [-0.3, -0.25) is 4.79 Å². The van der Waals surface area contributed by atoms with Gasteiger partial charge in [-0.15, -0.1) is 12.4 Å². The number of piperidine rings is 1. The van der Waals surface area contributed by atoms with Crippen LogP contribution in [-0.4, -0.2) is 30.9 Å². The number of carbonyl (C=O) groups excluding carboxylic acids is 1. The molecule has 1 saturated heterocycles. The van der Waals surface area contributed by atoms with Crippen LogP contribution in [0.25, 0.3) is 0 Å². The lowest BCUT2D eigenvalue weighted by Gasteiger charge is -2.27. The molecular weight excluding hydrogens is 302 g/mol. The fourth-order valence-electron chi connectivity index (χ4n) is 2.37. The van der Waals surface area contributed by atoms with Crippen molar-refractivity contribution in [1.82, 2.24) is 10.2 Å². The van der Waals surface area contributed by atoms with Crippen molar-refractivity contribution in [3.63, 3.8) is 0 Å². The highest BCUT2D eigenvalue weighted by Gasteiger charge is 2.23. The van der Waals surface area contributed by atoms with E-state index in [0.29, 0.717) is 6.54 Å². The lowest BCUT2D eigenvalue weighted by atomic mass is 9.96. The molecule has 3 nitrogen and oxygen atoms in total. The molecule has 20 heavy (non-hydrogen) atoms. The van der Waals surface area contributed by atoms with E-state index in [1.807, 2.05) is 0 Å². The van der Waals surface area contributed by atoms with Gasteiger partial charge >= 0.3 is 0 Å². The Labute approximate surface area is 129 Å². The van der Waals surface area contributed by atoms with Crippen molar-refractivity contribution in [2.24, 2.45) is 5.92 Å². The number of amides is 1. The standard InChI is InChI=1S/C14H18ClFN2O.ClH/c1-18(14(19)11-4-6-17-7-5-11)9-10-2-3-12(15)13(16)8-10;/h2-3,8,11,17H,4-7,9H2,1H3;1H. The first kappa shape index (κ1) is 17.2. The summed E-state index contributed by atoms with van der Waals surface area (Å²) >= 11 is 5.64. The third kappa shape index (κ3) is 4.33. The van der Waals surface area contributed by atoms with E-state index >= 15 is 0 Å². The first-order chi connectivity index (χ1) is 9.08. The fraction of sp³-hybridized carbons (Fsp3) is 0.500. The van der Waals surface area contributed by atoms with Gasteiger partial charge in [0.05, 0.1) is 5.02 Å². The number of nitrogens with zero attached hydrogens (tertiary/aromatic N) is 1. The quantitative estimate of drug-likeness (QED) is 0.928. The molecule has 0 aliphatic carbocycles. The fourth-order valence-corrected chi connectivity index (χ4v) is 2.49. The third-order valence-corrected chi connectivity index (χ3v) is 3.77. The highest BCUT2D eigenvalue weighted by atomic mass is 35.5. The monoisotopic (exact) mass is 320 g/mol. The van der Waals surface area contributed by atoms with Gasteiger partial charge in [0, 0.05) is 19.5 Å². The number of nitrogens with one attached hydrogen (secondary N) is 1. The van der Waals surface area contributed by atoms with Crippen LogP contribution in [0.4, 0.5) is 4.39 Å². The zero-order chi connectivity index (χ0) is 13.8. The minimum absolute atomic E-state index is 0. The van der Waals surface area contributed by atoms with Crippen LogP contribution in [0.5, 0.6) is 0 Å². The predicted molar refractivity (Wildman–Crippen MR) is 80.7 cm³/mol. The molecule has 0 atom stereocenters. The molecule has 2 rings (SSSR count). The van der Waals surface area contributed by atoms with Crippen LogP contribution < -0.4 is 5.32 Å². The zero-order valence-corrected chi connectivity index (χ0v) is 12.9. The smallest absolute Gasteiger partial charge is 0.225 e. The number of benzene rings is 1. The van der Waals surface area contributed by atoms with Crippen LogP contribution in [0.3, 0.4) is 0 Å². The summed E-state index contributed by atoms with van der Waals surface area (Å²) in [5.74, 6) is -0.220. The number of halogens is 3. The second-order valence-corrected chi connectivity index (χ2v) is 5.37. The molecule has 1 heterocycles. The maximum Gasteiger partial charge on any atom is 0.225 e. The molecule has 1 aromatic carbocycles. The van der Waals surface area contributed by atoms with Crippen molar-refractivity contribution < 1.29 is 9.18 Å². The van der Waals surface area contributed by atoms with E-state index in [0.717, 1.165) is 31.5 Å². The SMILES string of the molecule is CN(Cc1ccc(Cl)c(F)c1)C(=O)C1CCNCC1.Cl. The van der Waals surface area contributed by atoms with Gasteiger partial charge < -0.3 is 10.2 Å². The topological polar surface area (TPSA) is 32.3 Å². The average Bonchev–Trinajstić information content (AvgIpc) is 2.43. The van der Waals surface area contributed by atoms with Crippen molar-refractivity contribution in [3.05, 3.63) is 34.6 Å². The maximum atomic E-state index is 13.3. The van der Waals surface area contributed by atoms with Crippen molar-refractivity contribution in [3.8, 4) is 0 Å². The van der Waals surface area contributed by atoms with E-state index in [1.165, 1.54) is 12.1 Å². The minimum atomic E-state index is -0.443. The van der Waals surface area contributed by atoms with Crippen LogP contribution in [-0.2, 0) is 11.3 Å². The average molecular weight is 321 g/mol. The van der Waals surface area contributed by atoms with E-state index in [1.54, 1.807) is 18.0 Å². The minimum Gasteiger partial charge on any atom is -0.341 e. The lowest BCUT2D eigenvalue weighted by molar-refractivity contribution is -0.135. The zero-order valence-electron chi connectivity index (χ0n) is 11.4. The summed E-state index contributed by atoms with van der Waals surface area (Å²) in [6.07, 6.45) is 1.75. The second-order valence-electron chi connectivity index (χ2n) is 4.97. The molecule has 1 N–H and O–H groups in total. The highest BCUT2D eigenvalue weighted by molar-refractivity contribution is 6.30. The van der Waals surface area contributed by atoms with Gasteiger partial charge in [-0.1, -0.05) is 17.7 Å². The van der Waals surface area contributed by atoms with Crippen LogP contribution in [0.15, 0.2) is 18.2 Å². The summed E-state index contributed by atoms with van der Waals surface area (Å²) in [6, 6.07) is 4.65. The van der Waals surface area contributed by atoms with E-state index in [4.69, 9.17) is 11.6 Å². The Hall–Kier alpha value is -0.840. The molecular formula is C14H19Cl2FN2O. The van der Waals surface area contributed by atoms with Gasteiger partial charge in [-0.2, -0.15) is 0 Å². The molecule has 6 heteroatoms. The van der Waals surface area contributed by atoms with Crippen LogP contribution >= 0.6 is 24.0 Å². The Bertz CT molecular complexity index is 464. The van der Waals surface area contributed by atoms with Crippen LogP contribution in [0.2, 0.25) is 5.02 Å². The van der Waals surface area contributed by atoms with Crippen molar-refractivity contribution in [2.75, 3.05) is 20.1 Å². The molecule has 0 aromatic heterocycles. The van der Waals surface area contributed by atoms with E-state index in [2.05, 4.69) is 5.32 Å². The summed E-state index contributed by atoms with van der Waals surface area (Å²) in [6.45, 7) is 2.19. The summed E-state index contributed by atoms with van der Waals surface area (Å²) < 4.78 is 13.3. The van der Waals surface area contributed by atoms with E-state index in [-0.39, 0.29) is 29.3 Å². The molecule has 112 valence electrons. The van der Waals surface area contributed by atoms with E-state index in [9.17, 15) is 9.18 Å². The predicted octanol–water partition coefficient (Wildman–Crippen LogP) is 2.86. The van der Waals surface area contributed by atoms with Crippen molar-refractivity contribution >= 4 is 29.9 Å². The molecule has 0 spiro atoms. The molecule has 0 unspecified atom stereocenters. The Balaban J connectivity index is 0.00000200. The summed E-state index contributed by atoms with van der Waals surface area (Å²) in [5, 5.41) is 3.34. The first-order valence-corrected chi connectivity index (χ1v) is 6.85. The largest absolute Gasteiger partial charge is 0.341 e. The molecule has 0 saturated carbocycles. The summed E-state index contributed by atoms with van der Waals surface area (Å²) in [5.41, 5.74) is 0.756. The maximum absolute atomic E-state index is 13.3. The molecule has 1 fully saturated rings. The number of hydrogen-bond donors (Lipinski definition) is 1. The molecule has 0 radical (unpaired) electrons. The summed E-state index contributed by atoms with van der Waals surface area (Å²) in [7, 11) is 1.76. The van der Waals surface area contributed by atoms with Crippen molar-refractivity contribution in [2.45, 2.75) is 19.4 Å². The normalized spacial score (nSPS) is 15.6. The molecule has 1 amide bonds. The number of rotatable bonds is 3. The van der Waals surface area contributed by atoms with Crippen LogP contribution in [0, 0.1) is 11.7 Å². The third-order valence-electron chi connectivity index (χ3n) is 3.47. The molecule has 1 aromatic rings. The molecule has 1 aliphatic heterocycles. The lowest BCUT2D eigenvalue weighted by Crippen LogP contribution is -2.38. The second kappa shape index (κ2) is 7.81. The molecule has 1 aliphatic rings. The van der Waals surface area contributed by atoms with Gasteiger partial charge in [0.1, 0.15) is 5.82 Å². The van der Waals surface area contributed by atoms with E-state index < -0.39 is 5.82 Å². The molecule has 0 bridgehead atoms. The Morgan fingerprint density at radius 2 is 2.10 bits per heavy atom. The van der Waals surface area contributed by atoms with Gasteiger partial charge in [0.15, 0.2) is 0 Å². The number of carbonyl (C=O) groups is 1. The van der Waals surface area contributed by atoms with Gasteiger partial charge in [-0.25, -0.2) is 4.39 Å². The van der Waals surface area contributed by atoms with Gasteiger partial charge in [0.2, 0.25) is 5.91 Å². The van der Waals surface area contributed by atoms with Crippen LogP contribution in [0.1, 0.15) is 18.4 Å². The Morgan fingerprint density at radius 3 is 2.70 bits per heavy atom. The summed E-state index contributed by atoms with van der Waals surface area (Å²) in [4.78, 5) is 13.9. The number of hydrogen-bond acceptors (Lipinski definition) is 2. The Kier molecular flexibility index (Phi) is 6.72. The van der Waals surface area contributed by atoms with Crippen molar-refractivity contribution in [1.29, 1.82) is 0 Å². The highest BCUT2D eigenvalue weighted by Crippen LogP contribution is 2.19. The van der Waals surface area contributed by atoms with Gasteiger partial charge in [0.25, 0.3) is 0 Å². The Morgan fingerprint density at radius 1 is 1.45 bits per heavy atom. The first-order valence-electron chi connectivity index (χ1n) is 6.47. The van der Waals surface area contributed by atoms with Gasteiger partial charge in [-0.05, 0) is 43.6 Å².